The van der Waals surface area contributed by atoms with Crippen molar-refractivity contribution < 1.29 is 22.6 Å². The molecule has 0 spiro atoms. The van der Waals surface area contributed by atoms with Gasteiger partial charge in [0, 0.05) is 31.6 Å². The largest absolute Gasteiger partial charge is 0.493 e. The molecule has 0 bridgehead atoms. The third-order valence-electron chi connectivity index (χ3n) is 4.29. The Labute approximate surface area is 147 Å². The summed E-state index contributed by atoms with van der Waals surface area (Å²) in [4.78, 5) is 19.5. The van der Waals surface area contributed by atoms with Crippen LogP contribution in [0, 0.1) is 0 Å². The van der Waals surface area contributed by atoms with E-state index in [-0.39, 0.29) is 24.2 Å². The highest BCUT2D eigenvalue weighted by Crippen LogP contribution is 2.32. The van der Waals surface area contributed by atoms with E-state index < -0.39 is 17.6 Å². The Morgan fingerprint density at radius 1 is 1.27 bits per heavy atom. The molecule has 2 aromatic rings. The molecule has 2 heterocycles. The summed E-state index contributed by atoms with van der Waals surface area (Å²) in [5.41, 5.74) is 0.595. The molecule has 6 nitrogen and oxygen atoms in total. The Morgan fingerprint density at radius 3 is 2.69 bits per heavy atom. The number of methoxy groups -OCH3 is 2. The summed E-state index contributed by atoms with van der Waals surface area (Å²) in [5.74, 6) is -0.0545. The molecule has 1 aliphatic heterocycles. The second-order valence-electron chi connectivity index (χ2n) is 5.95. The van der Waals surface area contributed by atoms with Gasteiger partial charge in [-0.05, 0) is 6.07 Å². The molecule has 0 fully saturated rings. The van der Waals surface area contributed by atoms with Crippen LogP contribution in [0.2, 0.25) is 0 Å². The lowest BCUT2D eigenvalue weighted by Crippen LogP contribution is -2.36. The summed E-state index contributed by atoms with van der Waals surface area (Å²) in [7, 11) is 3.09. The molecule has 3 rings (SSSR count). The SMILES string of the molecule is COc1cccc(CN2CCc3nc(C(F)(F)F)[nH]c(=O)c3C2)c1OC. The molecule has 140 valence electrons. The molecule has 0 amide bonds. The minimum Gasteiger partial charge on any atom is -0.493 e. The molecule has 26 heavy (non-hydrogen) atoms. The number of hydrogen-bond acceptors (Lipinski definition) is 5. The summed E-state index contributed by atoms with van der Waals surface area (Å²) >= 11 is 0. The van der Waals surface area contributed by atoms with Gasteiger partial charge in [0.1, 0.15) is 0 Å². The van der Waals surface area contributed by atoms with Crippen LogP contribution in [0.15, 0.2) is 23.0 Å². The van der Waals surface area contributed by atoms with Crippen molar-refractivity contribution in [3.05, 3.63) is 51.2 Å². The van der Waals surface area contributed by atoms with E-state index in [9.17, 15) is 18.0 Å². The van der Waals surface area contributed by atoms with Crippen LogP contribution >= 0.6 is 0 Å². The maximum Gasteiger partial charge on any atom is 0.449 e. The van der Waals surface area contributed by atoms with Crippen molar-refractivity contribution in [3.8, 4) is 11.5 Å². The number of benzene rings is 1. The molecule has 0 aliphatic carbocycles. The van der Waals surface area contributed by atoms with Gasteiger partial charge in [-0.1, -0.05) is 12.1 Å². The van der Waals surface area contributed by atoms with Crippen LogP contribution in [-0.4, -0.2) is 35.6 Å². The van der Waals surface area contributed by atoms with Gasteiger partial charge in [0.05, 0.1) is 25.5 Å². The number of aromatic amines is 1. The van der Waals surface area contributed by atoms with Crippen molar-refractivity contribution in [1.29, 1.82) is 0 Å². The molecule has 1 N–H and O–H groups in total. The maximum absolute atomic E-state index is 12.8. The molecular weight excluding hydrogens is 351 g/mol. The molecule has 1 aromatic carbocycles. The van der Waals surface area contributed by atoms with Gasteiger partial charge in [-0.15, -0.1) is 0 Å². The third kappa shape index (κ3) is 3.52. The number of nitrogens with one attached hydrogen (secondary N) is 1. The summed E-state index contributed by atoms with van der Waals surface area (Å²) in [6.45, 7) is 1.18. The zero-order chi connectivity index (χ0) is 18.9. The quantitative estimate of drug-likeness (QED) is 0.896. The van der Waals surface area contributed by atoms with Gasteiger partial charge >= 0.3 is 6.18 Å². The van der Waals surface area contributed by atoms with Crippen molar-refractivity contribution in [3.63, 3.8) is 0 Å². The number of halogens is 3. The van der Waals surface area contributed by atoms with Crippen molar-refractivity contribution in [1.82, 2.24) is 14.9 Å². The predicted octanol–water partition coefficient (Wildman–Crippen LogP) is 2.36. The monoisotopic (exact) mass is 369 g/mol. The molecule has 0 radical (unpaired) electrons. The zero-order valence-electron chi connectivity index (χ0n) is 14.3. The lowest BCUT2D eigenvalue weighted by atomic mass is 10.1. The average molecular weight is 369 g/mol. The highest BCUT2D eigenvalue weighted by atomic mass is 19.4. The first-order chi connectivity index (χ1) is 12.3. The summed E-state index contributed by atoms with van der Waals surface area (Å²) < 4.78 is 49.0. The fourth-order valence-corrected chi connectivity index (χ4v) is 3.07. The third-order valence-corrected chi connectivity index (χ3v) is 4.29. The van der Waals surface area contributed by atoms with Gasteiger partial charge in [-0.2, -0.15) is 13.2 Å². The number of nitrogens with zero attached hydrogens (tertiary/aromatic N) is 2. The second-order valence-corrected chi connectivity index (χ2v) is 5.95. The number of aromatic nitrogens is 2. The fourth-order valence-electron chi connectivity index (χ4n) is 3.07. The van der Waals surface area contributed by atoms with Crippen molar-refractivity contribution >= 4 is 0 Å². The van der Waals surface area contributed by atoms with Crippen LogP contribution in [-0.2, 0) is 25.7 Å². The zero-order valence-corrected chi connectivity index (χ0v) is 14.3. The van der Waals surface area contributed by atoms with E-state index in [4.69, 9.17) is 9.47 Å². The Kier molecular flexibility index (Phi) is 4.90. The van der Waals surface area contributed by atoms with Crippen LogP contribution in [0.5, 0.6) is 11.5 Å². The lowest BCUT2D eigenvalue weighted by molar-refractivity contribution is -0.145. The van der Waals surface area contributed by atoms with Gasteiger partial charge in [0.2, 0.25) is 5.82 Å². The van der Waals surface area contributed by atoms with Crippen LogP contribution in [0.3, 0.4) is 0 Å². The minimum absolute atomic E-state index is 0.204. The number of ether oxygens (including phenoxy) is 2. The smallest absolute Gasteiger partial charge is 0.449 e. The van der Waals surface area contributed by atoms with Gasteiger partial charge in [-0.3, -0.25) is 9.69 Å². The van der Waals surface area contributed by atoms with Crippen LogP contribution in [0.1, 0.15) is 22.6 Å². The normalized spacial score (nSPS) is 14.8. The molecular formula is C17H18F3N3O3. The summed E-state index contributed by atoms with van der Waals surface area (Å²) in [6, 6.07) is 5.49. The first kappa shape index (κ1) is 18.2. The maximum atomic E-state index is 12.8. The highest BCUT2D eigenvalue weighted by Gasteiger charge is 2.36. The average Bonchev–Trinajstić information content (AvgIpc) is 2.61. The fraction of sp³-hybridized carbons (Fsp3) is 0.412. The van der Waals surface area contributed by atoms with Gasteiger partial charge < -0.3 is 14.5 Å². The van der Waals surface area contributed by atoms with Crippen molar-refractivity contribution in [2.24, 2.45) is 0 Å². The summed E-state index contributed by atoms with van der Waals surface area (Å²) in [5, 5.41) is 0. The molecule has 1 aromatic heterocycles. The predicted molar refractivity (Wildman–Crippen MR) is 87.2 cm³/mol. The van der Waals surface area contributed by atoms with E-state index >= 15 is 0 Å². The first-order valence-corrected chi connectivity index (χ1v) is 7.95. The Bertz CT molecular complexity index is 865. The lowest BCUT2D eigenvalue weighted by Gasteiger charge is -2.28. The number of fused-ring (bicyclic) bond motifs is 1. The molecule has 0 atom stereocenters. The molecule has 9 heteroatoms. The van der Waals surface area contributed by atoms with E-state index in [1.165, 1.54) is 0 Å². The van der Waals surface area contributed by atoms with Crippen molar-refractivity contribution in [2.45, 2.75) is 25.7 Å². The first-order valence-electron chi connectivity index (χ1n) is 7.95. The number of rotatable bonds is 4. The Morgan fingerprint density at radius 2 is 2.04 bits per heavy atom. The Balaban J connectivity index is 1.85. The van der Waals surface area contributed by atoms with Gasteiger partial charge in [0.15, 0.2) is 11.5 Å². The second kappa shape index (κ2) is 6.99. The van der Waals surface area contributed by atoms with E-state index in [2.05, 4.69) is 4.98 Å². The number of alkyl halides is 3. The van der Waals surface area contributed by atoms with Crippen LogP contribution in [0.4, 0.5) is 13.2 Å². The molecule has 0 saturated carbocycles. The summed E-state index contributed by atoms with van der Waals surface area (Å²) in [6.07, 6.45) is -4.39. The van der Waals surface area contributed by atoms with Crippen LogP contribution < -0.4 is 15.0 Å². The highest BCUT2D eigenvalue weighted by molar-refractivity contribution is 5.46. The van der Waals surface area contributed by atoms with Gasteiger partial charge in [-0.25, -0.2) is 4.98 Å². The van der Waals surface area contributed by atoms with Crippen LogP contribution in [0.25, 0.3) is 0 Å². The molecule has 1 aliphatic rings. The molecule has 0 unspecified atom stereocenters. The van der Waals surface area contributed by atoms with E-state index in [1.807, 2.05) is 22.0 Å². The van der Waals surface area contributed by atoms with E-state index in [0.29, 0.717) is 24.6 Å². The van der Waals surface area contributed by atoms with E-state index in [0.717, 1.165) is 5.56 Å². The number of hydrogen-bond donors (Lipinski definition) is 1. The standard InChI is InChI=1S/C17H18F3N3O3/c1-25-13-5-3-4-10(14(13)26-2)8-23-7-6-12-11(9-23)15(24)22-16(21-12)17(18,19)20/h3-5H,6-9H2,1-2H3,(H,21,22,24). The molecule has 0 saturated heterocycles. The Hall–Kier alpha value is -2.55. The topological polar surface area (TPSA) is 67.5 Å². The number of H-pyrrole nitrogens is 1. The van der Waals surface area contributed by atoms with Gasteiger partial charge in [0.25, 0.3) is 5.56 Å². The number of para-hydroxylation sites is 1. The van der Waals surface area contributed by atoms with Crippen molar-refractivity contribution in [2.75, 3.05) is 20.8 Å². The minimum atomic E-state index is -4.67. The van der Waals surface area contributed by atoms with E-state index in [1.54, 1.807) is 20.3 Å².